The third-order valence-electron chi connectivity index (χ3n) is 5.49. The highest BCUT2D eigenvalue weighted by atomic mass is 32.2. The number of nitrogens with zero attached hydrogens (tertiary/aromatic N) is 2. The molecular formula is C24H24N4O4S2. The normalized spacial score (nSPS) is 11.5. The number of sulfonamides is 1. The molecule has 1 amide bonds. The zero-order valence-corrected chi connectivity index (χ0v) is 20.6. The van der Waals surface area contributed by atoms with Crippen LogP contribution < -0.4 is 15.6 Å². The first-order valence-electron chi connectivity index (χ1n) is 10.6. The lowest BCUT2D eigenvalue weighted by molar-refractivity contribution is -0.116. The van der Waals surface area contributed by atoms with Gasteiger partial charge in [-0.1, -0.05) is 17.7 Å². The molecule has 0 fully saturated rings. The fourth-order valence-corrected chi connectivity index (χ4v) is 5.47. The summed E-state index contributed by atoms with van der Waals surface area (Å²) < 4.78 is 29.0. The number of carbonyl (C=O) groups is 1. The van der Waals surface area contributed by atoms with Crippen molar-refractivity contribution in [2.24, 2.45) is 0 Å². The first-order valence-corrected chi connectivity index (χ1v) is 12.9. The molecule has 0 aliphatic carbocycles. The topological polar surface area (TPSA) is 110 Å². The Morgan fingerprint density at radius 1 is 1.00 bits per heavy atom. The molecule has 0 saturated carbocycles. The van der Waals surface area contributed by atoms with Crippen LogP contribution >= 0.6 is 11.3 Å². The van der Waals surface area contributed by atoms with Gasteiger partial charge in [0.2, 0.25) is 5.91 Å². The Balaban J connectivity index is 1.37. The first kappa shape index (κ1) is 23.7. The maximum atomic E-state index is 12.7. The predicted octanol–water partition coefficient (Wildman–Crippen LogP) is 4.21. The van der Waals surface area contributed by atoms with Gasteiger partial charge in [-0.15, -0.1) is 11.3 Å². The Bertz CT molecular complexity index is 1520. The van der Waals surface area contributed by atoms with Gasteiger partial charge in [0, 0.05) is 29.2 Å². The fourth-order valence-electron chi connectivity index (χ4n) is 3.43. The van der Waals surface area contributed by atoms with Crippen molar-refractivity contribution in [1.29, 1.82) is 0 Å². The molecule has 2 aromatic carbocycles. The Hall–Kier alpha value is -3.50. The van der Waals surface area contributed by atoms with E-state index in [1.807, 2.05) is 20.8 Å². The molecule has 2 N–H and O–H groups in total. The summed E-state index contributed by atoms with van der Waals surface area (Å²) >= 11 is 1.48. The van der Waals surface area contributed by atoms with Crippen LogP contribution in [-0.4, -0.2) is 23.9 Å². The van der Waals surface area contributed by atoms with Crippen molar-refractivity contribution in [1.82, 2.24) is 9.55 Å². The SMILES string of the molecule is Cc1ccc(S(=O)(=O)Nc2ccc(NC(=O)CCn3cnc4sc(C)c(C)c4c3=O)cc2)cc1. The molecule has 10 heteroatoms. The molecule has 0 aliphatic heterocycles. The molecule has 0 saturated heterocycles. The van der Waals surface area contributed by atoms with Crippen molar-refractivity contribution in [3.05, 3.63) is 81.2 Å². The van der Waals surface area contributed by atoms with Crippen molar-refractivity contribution < 1.29 is 13.2 Å². The predicted molar refractivity (Wildman–Crippen MR) is 135 cm³/mol. The summed E-state index contributed by atoms with van der Waals surface area (Å²) in [5, 5.41) is 3.37. The lowest BCUT2D eigenvalue weighted by atomic mass is 10.2. The number of hydrogen-bond acceptors (Lipinski definition) is 6. The van der Waals surface area contributed by atoms with Crippen LogP contribution in [0.2, 0.25) is 0 Å². The number of aryl methyl sites for hydroxylation is 4. The Kier molecular flexibility index (Phi) is 6.54. The molecule has 4 rings (SSSR count). The van der Waals surface area contributed by atoms with Gasteiger partial charge in [0.05, 0.1) is 16.6 Å². The van der Waals surface area contributed by atoms with E-state index in [9.17, 15) is 18.0 Å². The maximum absolute atomic E-state index is 12.7. The minimum Gasteiger partial charge on any atom is -0.326 e. The number of hydrogen-bond donors (Lipinski definition) is 2. The summed E-state index contributed by atoms with van der Waals surface area (Å²) in [5.74, 6) is -0.266. The van der Waals surface area contributed by atoms with E-state index in [0.717, 1.165) is 16.0 Å². The highest BCUT2D eigenvalue weighted by Crippen LogP contribution is 2.25. The molecule has 0 unspecified atom stereocenters. The smallest absolute Gasteiger partial charge is 0.262 e. The highest BCUT2D eigenvalue weighted by Gasteiger charge is 2.15. The average molecular weight is 497 g/mol. The van der Waals surface area contributed by atoms with Gasteiger partial charge < -0.3 is 5.32 Å². The molecular weight excluding hydrogens is 472 g/mol. The first-order chi connectivity index (χ1) is 16.1. The maximum Gasteiger partial charge on any atom is 0.262 e. The molecule has 2 aromatic heterocycles. The van der Waals surface area contributed by atoms with Crippen LogP contribution in [0.15, 0.2) is 64.5 Å². The second kappa shape index (κ2) is 9.40. The molecule has 176 valence electrons. The Morgan fingerprint density at radius 2 is 1.65 bits per heavy atom. The standard InChI is InChI=1S/C24H24N4O4S2/c1-15-4-10-20(11-5-15)34(31,32)27-19-8-6-18(7-9-19)26-21(29)12-13-28-14-25-23-22(24(28)30)16(2)17(3)33-23/h4-11,14,27H,12-13H2,1-3H3,(H,26,29). The van der Waals surface area contributed by atoms with Crippen LogP contribution in [0.1, 0.15) is 22.4 Å². The molecule has 8 nitrogen and oxygen atoms in total. The van der Waals surface area contributed by atoms with Gasteiger partial charge in [-0.2, -0.15) is 0 Å². The number of aromatic nitrogens is 2. The molecule has 0 aliphatic rings. The van der Waals surface area contributed by atoms with Crippen LogP contribution in [0.5, 0.6) is 0 Å². The van der Waals surface area contributed by atoms with Gasteiger partial charge in [-0.25, -0.2) is 13.4 Å². The van der Waals surface area contributed by atoms with Crippen molar-refractivity contribution in [3.63, 3.8) is 0 Å². The third kappa shape index (κ3) is 5.02. The molecule has 4 aromatic rings. The minimum atomic E-state index is -3.70. The number of carbonyl (C=O) groups excluding carboxylic acids is 1. The molecule has 34 heavy (non-hydrogen) atoms. The van der Waals surface area contributed by atoms with E-state index in [-0.39, 0.29) is 29.3 Å². The van der Waals surface area contributed by atoms with E-state index in [1.54, 1.807) is 48.5 Å². The Labute approximate surface area is 201 Å². The van der Waals surface area contributed by atoms with Gasteiger partial charge in [-0.3, -0.25) is 18.9 Å². The number of anilines is 2. The third-order valence-corrected chi connectivity index (χ3v) is 8.00. The van der Waals surface area contributed by atoms with E-state index in [1.165, 1.54) is 22.2 Å². The van der Waals surface area contributed by atoms with Gasteiger partial charge >= 0.3 is 0 Å². The van der Waals surface area contributed by atoms with E-state index in [0.29, 0.717) is 21.6 Å². The van der Waals surface area contributed by atoms with Crippen LogP contribution in [0.4, 0.5) is 11.4 Å². The van der Waals surface area contributed by atoms with Gasteiger partial charge in [0.15, 0.2) is 0 Å². The quantitative estimate of drug-likeness (QED) is 0.398. The van der Waals surface area contributed by atoms with Crippen LogP contribution in [-0.2, 0) is 21.4 Å². The monoisotopic (exact) mass is 496 g/mol. The lowest BCUT2D eigenvalue weighted by Gasteiger charge is -2.10. The molecule has 0 atom stereocenters. The number of fused-ring (bicyclic) bond motifs is 1. The van der Waals surface area contributed by atoms with E-state index < -0.39 is 10.0 Å². The molecule has 0 radical (unpaired) electrons. The molecule has 2 heterocycles. The zero-order chi connectivity index (χ0) is 24.5. The van der Waals surface area contributed by atoms with Crippen molar-refractivity contribution in [2.75, 3.05) is 10.0 Å². The summed E-state index contributed by atoms with van der Waals surface area (Å²) in [6, 6.07) is 12.9. The number of amides is 1. The summed E-state index contributed by atoms with van der Waals surface area (Å²) in [7, 11) is -3.70. The Morgan fingerprint density at radius 3 is 2.32 bits per heavy atom. The summed E-state index contributed by atoms with van der Waals surface area (Å²) in [5.41, 5.74) is 2.65. The minimum absolute atomic E-state index is 0.0943. The lowest BCUT2D eigenvalue weighted by Crippen LogP contribution is -2.23. The largest absolute Gasteiger partial charge is 0.326 e. The number of rotatable bonds is 7. The molecule has 0 bridgehead atoms. The van der Waals surface area contributed by atoms with Crippen molar-refractivity contribution in [2.45, 2.75) is 38.6 Å². The van der Waals surface area contributed by atoms with Crippen LogP contribution in [0.3, 0.4) is 0 Å². The fraction of sp³-hybridized carbons (Fsp3) is 0.208. The van der Waals surface area contributed by atoms with Crippen LogP contribution in [0, 0.1) is 20.8 Å². The van der Waals surface area contributed by atoms with Gasteiger partial charge in [0.1, 0.15) is 4.83 Å². The van der Waals surface area contributed by atoms with Gasteiger partial charge in [0.25, 0.3) is 15.6 Å². The summed E-state index contributed by atoms with van der Waals surface area (Å²) in [4.78, 5) is 31.4. The number of thiophene rings is 1. The van der Waals surface area contributed by atoms with Crippen molar-refractivity contribution >= 4 is 48.9 Å². The van der Waals surface area contributed by atoms with E-state index in [2.05, 4.69) is 15.0 Å². The zero-order valence-electron chi connectivity index (χ0n) is 19.0. The van der Waals surface area contributed by atoms with E-state index in [4.69, 9.17) is 0 Å². The average Bonchev–Trinajstić information content (AvgIpc) is 3.09. The summed E-state index contributed by atoms with van der Waals surface area (Å²) in [6.07, 6.45) is 1.57. The summed E-state index contributed by atoms with van der Waals surface area (Å²) in [6.45, 7) is 5.95. The second-order valence-corrected chi connectivity index (χ2v) is 10.9. The van der Waals surface area contributed by atoms with E-state index >= 15 is 0 Å². The molecule has 0 spiro atoms. The second-order valence-electron chi connectivity index (χ2n) is 8.00. The van der Waals surface area contributed by atoms with Crippen molar-refractivity contribution in [3.8, 4) is 0 Å². The highest BCUT2D eigenvalue weighted by molar-refractivity contribution is 7.92. The van der Waals surface area contributed by atoms with Gasteiger partial charge in [-0.05, 0) is 62.7 Å². The number of benzene rings is 2. The van der Waals surface area contributed by atoms with Crippen LogP contribution in [0.25, 0.3) is 10.2 Å². The number of nitrogens with one attached hydrogen (secondary N) is 2.